The lowest BCUT2D eigenvalue weighted by molar-refractivity contribution is -0.105. The van der Waals surface area contributed by atoms with Gasteiger partial charge >= 0.3 is 0 Å². The lowest BCUT2D eigenvalue weighted by Gasteiger charge is -2.15. The van der Waals surface area contributed by atoms with Crippen molar-refractivity contribution in [2.45, 2.75) is 0 Å². The molecule has 0 fully saturated rings. The summed E-state index contributed by atoms with van der Waals surface area (Å²) in [4.78, 5) is 21.2. The van der Waals surface area contributed by atoms with Crippen LogP contribution < -0.4 is 10.3 Å². The Morgan fingerprint density at radius 2 is 1.56 bits per heavy atom. The highest BCUT2D eigenvalue weighted by Crippen LogP contribution is 2.26. The minimum Gasteiger partial charge on any atom is -0.329 e. The Bertz CT molecular complexity index is 526. The summed E-state index contributed by atoms with van der Waals surface area (Å²) >= 11 is 0. The number of rotatable bonds is 5. The second-order valence-corrected chi connectivity index (χ2v) is 3.54. The molecule has 2 rings (SSSR count). The van der Waals surface area contributed by atoms with Crippen LogP contribution in [0, 0.1) is 4.91 Å². The van der Waals surface area contributed by atoms with Gasteiger partial charge < -0.3 is 5.32 Å². The number of hydrogen-bond donors (Lipinski definition) is 1. The van der Waals surface area contributed by atoms with Gasteiger partial charge in [-0.1, -0.05) is 18.2 Å². The number of amides is 1. The zero-order valence-corrected chi connectivity index (χ0v) is 9.48. The number of carbonyl (C=O) groups excluding carboxylic acids is 1. The molecule has 1 amide bonds. The fraction of sp³-hybridized carbons (Fsp3) is 0. The highest BCUT2D eigenvalue weighted by molar-refractivity contribution is 5.73. The van der Waals surface area contributed by atoms with Crippen LogP contribution in [0.1, 0.15) is 0 Å². The third kappa shape index (κ3) is 2.52. The van der Waals surface area contributed by atoms with Crippen LogP contribution in [0.25, 0.3) is 0 Å². The molecule has 0 spiro atoms. The van der Waals surface area contributed by atoms with Crippen LogP contribution in [0.15, 0.2) is 59.9 Å². The molecule has 0 atom stereocenters. The van der Waals surface area contributed by atoms with Crippen LogP contribution >= 0.6 is 0 Å². The first-order valence-electron chi connectivity index (χ1n) is 5.34. The second kappa shape index (κ2) is 5.58. The van der Waals surface area contributed by atoms with E-state index in [1.807, 2.05) is 18.2 Å². The number of nitroso groups, excluding NO2 is 1. The predicted octanol–water partition coefficient (Wildman–Crippen LogP) is 3.07. The molecule has 2 aromatic rings. The molecular weight excluding hydrogens is 230 g/mol. The largest absolute Gasteiger partial charge is 0.329 e. The van der Waals surface area contributed by atoms with Gasteiger partial charge in [0.1, 0.15) is 0 Å². The topological polar surface area (TPSA) is 61.8 Å². The van der Waals surface area contributed by atoms with E-state index in [1.165, 1.54) is 5.01 Å². The van der Waals surface area contributed by atoms with Crippen molar-refractivity contribution < 1.29 is 4.79 Å². The molecule has 1 N–H and O–H groups in total. The van der Waals surface area contributed by atoms with Gasteiger partial charge in [-0.25, -0.2) is 0 Å². The smallest absolute Gasteiger partial charge is 0.211 e. The van der Waals surface area contributed by atoms with Gasteiger partial charge in [-0.15, -0.1) is 4.91 Å². The van der Waals surface area contributed by atoms with Crippen molar-refractivity contribution in [1.29, 1.82) is 0 Å². The van der Waals surface area contributed by atoms with Crippen molar-refractivity contribution in [2.24, 2.45) is 5.29 Å². The van der Waals surface area contributed by atoms with Gasteiger partial charge in [-0.2, -0.15) is 5.01 Å². The minimum absolute atomic E-state index is 0.599. The highest BCUT2D eigenvalue weighted by Gasteiger charge is 2.08. The molecule has 2 aromatic carbocycles. The van der Waals surface area contributed by atoms with E-state index in [2.05, 4.69) is 10.6 Å². The van der Waals surface area contributed by atoms with Gasteiger partial charge in [-0.3, -0.25) is 4.79 Å². The first-order valence-corrected chi connectivity index (χ1v) is 5.34. The van der Waals surface area contributed by atoms with E-state index in [9.17, 15) is 9.70 Å². The predicted molar refractivity (Wildman–Crippen MR) is 70.5 cm³/mol. The molecular formula is C13H11N3O2. The molecule has 0 heterocycles. The van der Waals surface area contributed by atoms with Crippen LogP contribution in [0.4, 0.5) is 17.1 Å². The Hall–Kier alpha value is -2.69. The number of carbonyl (C=O) groups is 1. The Morgan fingerprint density at radius 1 is 0.944 bits per heavy atom. The number of nitrogens with one attached hydrogen (secondary N) is 1. The van der Waals surface area contributed by atoms with Crippen LogP contribution in [0.2, 0.25) is 0 Å². The molecule has 5 nitrogen and oxygen atoms in total. The number of anilines is 3. The summed E-state index contributed by atoms with van der Waals surface area (Å²) < 4.78 is 0. The molecule has 18 heavy (non-hydrogen) atoms. The fourth-order valence-electron chi connectivity index (χ4n) is 1.58. The third-order valence-corrected chi connectivity index (χ3v) is 2.42. The molecule has 90 valence electrons. The van der Waals surface area contributed by atoms with Crippen molar-refractivity contribution in [3.63, 3.8) is 0 Å². The summed E-state index contributed by atoms with van der Waals surface area (Å²) in [5, 5.41) is 6.80. The van der Waals surface area contributed by atoms with Gasteiger partial charge in [0, 0.05) is 5.69 Å². The quantitative estimate of drug-likeness (QED) is 0.497. The monoisotopic (exact) mass is 241 g/mol. The van der Waals surface area contributed by atoms with Crippen molar-refractivity contribution in [1.82, 2.24) is 0 Å². The molecule has 0 aromatic heterocycles. The maximum Gasteiger partial charge on any atom is 0.211 e. The average Bonchev–Trinajstić information content (AvgIpc) is 2.43. The van der Waals surface area contributed by atoms with E-state index >= 15 is 0 Å². The summed E-state index contributed by atoms with van der Waals surface area (Å²) in [6.07, 6.45) is 0.599. The standard InChI is InChI=1S/C13H11N3O2/c17-10-14-11-6-8-13(9-7-11)16(15-18)12-4-2-1-3-5-12/h1-10H,(H,14,17). The zero-order chi connectivity index (χ0) is 12.8. The van der Waals surface area contributed by atoms with E-state index in [0.29, 0.717) is 23.5 Å². The molecule has 0 saturated heterocycles. The number of benzene rings is 2. The molecule has 0 aliphatic heterocycles. The summed E-state index contributed by atoms with van der Waals surface area (Å²) in [6, 6.07) is 15.9. The molecule has 0 saturated carbocycles. The molecule has 0 aliphatic carbocycles. The fourth-order valence-corrected chi connectivity index (χ4v) is 1.58. The first-order chi connectivity index (χ1) is 8.85. The Labute approximate surface area is 104 Å². The number of nitrogens with zero attached hydrogens (tertiary/aromatic N) is 2. The highest BCUT2D eigenvalue weighted by atomic mass is 16.3. The lowest BCUT2D eigenvalue weighted by atomic mass is 10.2. The van der Waals surface area contributed by atoms with Crippen molar-refractivity contribution >= 4 is 23.5 Å². The minimum atomic E-state index is 0.599. The first kappa shape index (κ1) is 11.8. The van der Waals surface area contributed by atoms with E-state index < -0.39 is 0 Å². The summed E-state index contributed by atoms with van der Waals surface area (Å²) in [5.41, 5.74) is 1.98. The SMILES string of the molecule is O=CNc1ccc(N(N=O)c2ccccc2)cc1. The van der Waals surface area contributed by atoms with E-state index in [-0.39, 0.29) is 0 Å². The summed E-state index contributed by atoms with van der Waals surface area (Å²) in [6.45, 7) is 0. The number of hydrogen-bond acceptors (Lipinski definition) is 3. The third-order valence-electron chi connectivity index (χ3n) is 2.42. The van der Waals surface area contributed by atoms with Gasteiger partial charge in [0.2, 0.25) is 6.41 Å². The molecule has 0 unspecified atom stereocenters. The number of para-hydroxylation sites is 1. The van der Waals surface area contributed by atoms with Gasteiger partial charge in [0.05, 0.1) is 16.7 Å². The summed E-state index contributed by atoms with van der Waals surface area (Å²) in [5.74, 6) is 0. The van der Waals surface area contributed by atoms with Crippen LogP contribution in [-0.2, 0) is 4.79 Å². The summed E-state index contributed by atoms with van der Waals surface area (Å²) in [7, 11) is 0. The lowest BCUT2D eigenvalue weighted by Crippen LogP contribution is -2.07. The van der Waals surface area contributed by atoms with Gasteiger partial charge in [0.15, 0.2) is 0 Å². The maximum absolute atomic E-state index is 10.9. The second-order valence-electron chi connectivity index (χ2n) is 3.54. The zero-order valence-electron chi connectivity index (χ0n) is 9.48. The van der Waals surface area contributed by atoms with Crippen LogP contribution in [0.5, 0.6) is 0 Å². The molecule has 0 aliphatic rings. The van der Waals surface area contributed by atoms with Crippen molar-refractivity contribution in [2.75, 3.05) is 10.3 Å². The van der Waals surface area contributed by atoms with Gasteiger partial charge in [0.25, 0.3) is 0 Å². The Morgan fingerprint density at radius 3 is 2.11 bits per heavy atom. The molecule has 5 heteroatoms. The normalized spacial score (nSPS) is 9.56. The van der Waals surface area contributed by atoms with Crippen LogP contribution in [0.3, 0.4) is 0 Å². The van der Waals surface area contributed by atoms with Crippen molar-refractivity contribution in [3.05, 3.63) is 59.5 Å². The van der Waals surface area contributed by atoms with E-state index in [1.54, 1.807) is 36.4 Å². The molecule has 0 radical (unpaired) electrons. The molecule has 0 bridgehead atoms. The average molecular weight is 241 g/mol. The van der Waals surface area contributed by atoms with E-state index in [0.717, 1.165) is 0 Å². The van der Waals surface area contributed by atoms with Gasteiger partial charge in [-0.05, 0) is 36.4 Å². The Kier molecular flexibility index (Phi) is 3.66. The van der Waals surface area contributed by atoms with Crippen molar-refractivity contribution in [3.8, 4) is 0 Å². The Balaban J connectivity index is 2.28. The maximum atomic E-state index is 10.9. The van der Waals surface area contributed by atoms with Crippen LogP contribution in [-0.4, -0.2) is 6.41 Å². The van der Waals surface area contributed by atoms with E-state index in [4.69, 9.17) is 0 Å².